The summed E-state index contributed by atoms with van der Waals surface area (Å²) in [6.07, 6.45) is -2.42. The first-order valence-electron chi connectivity index (χ1n) is 11.7. The monoisotopic (exact) mass is 467 g/mol. The number of rotatable bonds is 0. The Bertz CT molecular complexity index is 2030. The molecule has 7 rings (SSSR count). The molecular weight excluding hydrogens is 445 g/mol. The minimum Gasteiger partial charge on any atom is -0.307 e. The van der Waals surface area contributed by atoms with Crippen molar-refractivity contribution in [3.05, 3.63) is 83.0 Å². The molecular formula is C30H22F3N2+. The van der Waals surface area contributed by atoms with Gasteiger partial charge >= 0.3 is 6.18 Å². The second kappa shape index (κ2) is 6.42. The predicted octanol–water partition coefficient (Wildman–Crippen LogP) is 7.91. The summed E-state index contributed by atoms with van der Waals surface area (Å²) in [6, 6.07) is 16.9. The Kier molecular flexibility index (Phi) is 3.76. The van der Waals surface area contributed by atoms with E-state index < -0.39 is 11.7 Å². The van der Waals surface area contributed by atoms with Crippen molar-refractivity contribution in [2.24, 2.45) is 7.05 Å². The van der Waals surface area contributed by atoms with Crippen molar-refractivity contribution in [3.8, 4) is 0 Å². The van der Waals surface area contributed by atoms with Crippen molar-refractivity contribution >= 4 is 59.8 Å². The van der Waals surface area contributed by atoms with Gasteiger partial charge in [-0.1, -0.05) is 48.0 Å². The Balaban J connectivity index is 1.97. The highest BCUT2D eigenvalue weighted by Gasteiger charge is 2.36. The van der Waals surface area contributed by atoms with Gasteiger partial charge in [0.15, 0.2) is 6.20 Å². The van der Waals surface area contributed by atoms with Crippen LogP contribution >= 0.6 is 0 Å². The van der Waals surface area contributed by atoms with Crippen molar-refractivity contribution in [2.45, 2.75) is 26.9 Å². The van der Waals surface area contributed by atoms with E-state index in [1.807, 2.05) is 48.8 Å². The Hall–Kier alpha value is -3.86. The van der Waals surface area contributed by atoms with E-state index in [4.69, 9.17) is 0 Å². The molecule has 2 nitrogen and oxygen atoms in total. The minimum absolute atomic E-state index is 0.231. The molecule has 0 saturated carbocycles. The number of fused-ring (bicyclic) bond motifs is 7. The fourth-order valence-corrected chi connectivity index (χ4v) is 6.25. The van der Waals surface area contributed by atoms with E-state index in [1.165, 1.54) is 12.1 Å². The lowest BCUT2D eigenvalue weighted by atomic mass is 9.92. The van der Waals surface area contributed by atoms with Gasteiger partial charge in [0.25, 0.3) is 0 Å². The van der Waals surface area contributed by atoms with Crippen LogP contribution in [0.2, 0.25) is 0 Å². The summed E-state index contributed by atoms with van der Waals surface area (Å²) in [4.78, 5) is 0. The Morgan fingerprint density at radius 2 is 1.46 bits per heavy atom. The van der Waals surface area contributed by atoms with Crippen LogP contribution < -0.4 is 4.57 Å². The third-order valence-electron chi connectivity index (χ3n) is 7.77. The van der Waals surface area contributed by atoms with E-state index in [0.29, 0.717) is 5.39 Å². The highest BCUT2D eigenvalue weighted by atomic mass is 19.4. The van der Waals surface area contributed by atoms with Crippen LogP contribution in [0.3, 0.4) is 0 Å². The average molecular weight is 468 g/mol. The largest absolute Gasteiger partial charge is 0.418 e. The zero-order chi connectivity index (χ0) is 24.4. The Labute approximate surface area is 199 Å². The van der Waals surface area contributed by atoms with Crippen LogP contribution in [0.4, 0.5) is 13.2 Å². The van der Waals surface area contributed by atoms with Gasteiger partial charge in [-0.25, -0.2) is 4.57 Å². The van der Waals surface area contributed by atoms with Crippen LogP contribution in [0.25, 0.3) is 59.8 Å². The molecule has 5 heteroatoms. The Morgan fingerprint density at radius 1 is 0.714 bits per heavy atom. The maximum Gasteiger partial charge on any atom is 0.418 e. The summed E-state index contributed by atoms with van der Waals surface area (Å²) in [7, 11) is 2.02. The molecule has 3 aromatic heterocycles. The van der Waals surface area contributed by atoms with Crippen molar-refractivity contribution in [3.63, 3.8) is 0 Å². The van der Waals surface area contributed by atoms with Crippen LogP contribution in [0.5, 0.6) is 0 Å². The number of halogens is 3. The highest BCUT2D eigenvalue weighted by molar-refractivity contribution is 6.29. The molecule has 0 spiro atoms. The standard InChI is InChI=1S/C30H22F3N2/c1-15-8-10-19-17(3)26-24(16(2)22(19)14-15)29-25-18(12-13-34(29)4)9-11-21-20-6-5-7-23(30(31,32)33)27(20)35(26)28(21)25/h5-14H,1-4H3/q+1. The molecule has 4 aromatic carbocycles. The zero-order valence-corrected chi connectivity index (χ0v) is 19.8. The summed E-state index contributed by atoms with van der Waals surface area (Å²) in [5.74, 6) is 0. The number of benzene rings is 4. The lowest BCUT2D eigenvalue weighted by Gasteiger charge is -2.18. The van der Waals surface area contributed by atoms with Crippen molar-refractivity contribution in [2.75, 3.05) is 0 Å². The van der Waals surface area contributed by atoms with Gasteiger partial charge in [-0.05, 0) is 54.1 Å². The molecule has 0 amide bonds. The molecule has 0 radical (unpaired) electrons. The molecule has 0 aliphatic carbocycles. The molecule has 0 atom stereocenters. The summed E-state index contributed by atoms with van der Waals surface area (Å²) >= 11 is 0. The fourth-order valence-electron chi connectivity index (χ4n) is 6.25. The molecule has 35 heavy (non-hydrogen) atoms. The molecule has 0 unspecified atom stereocenters. The third-order valence-corrected chi connectivity index (χ3v) is 7.77. The van der Waals surface area contributed by atoms with Gasteiger partial charge in [0, 0.05) is 16.8 Å². The minimum atomic E-state index is -4.47. The van der Waals surface area contributed by atoms with Crippen molar-refractivity contribution < 1.29 is 17.7 Å². The molecule has 0 fully saturated rings. The van der Waals surface area contributed by atoms with Crippen LogP contribution in [0, 0.1) is 20.8 Å². The van der Waals surface area contributed by atoms with Gasteiger partial charge in [-0.15, -0.1) is 0 Å². The first kappa shape index (κ1) is 20.5. The molecule has 0 aliphatic heterocycles. The summed E-state index contributed by atoms with van der Waals surface area (Å²) in [5.41, 5.74) is 5.61. The van der Waals surface area contributed by atoms with Gasteiger partial charge in [-0.3, -0.25) is 0 Å². The number of aryl methyl sites for hydroxylation is 4. The number of nitrogens with zero attached hydrogens (tertiary/aromatic N) is 2. The predicted molar refractivity (Wildman–Crippen MR) is 137 cm³/mol. The number of para-hydroxylation sites is 1. The molecule has 0 saturated heterocycles. The van der Waals surface area contributed by atoms with E-state index in [0.717, 1.165) is 65.6 Å². The molecule has 172 valence electrons. The van der Waals surface area contributed by atoms with Gasteiger partial charge in [0.05, 0.1) is 32.9 Å². The maximum atomic E-state index is 14.4. The summed E-state index contributed by atoms with van der Waals surface area (Å²) < 4.78 is 47.2. The topological polar surface area (TPSA) is 8.29 Å². The molecule has 7 aromatic rings. The van der Waals surface area contributed by atoms with E-state index in [2.05, 4.69) is 36.6 Å². The van der Waals surface area contributed by atoms with E-state index in [9.17, 15) is 13.2 Å². The van der Waals surface area contributed by atoms with Crippen molar-refractivity contribution in [1.29, 1.82) is 0 Å². The lowest BCUT2D eigenvalue weighted by Crippen LogP contribution is -2.29. The fraction of sp³-hybridized carbons (Fsp3) is 0.167. The summed E-state index contributed by atoms with van der Waals surface area (Å²) in [5, 5.41) is 6.71. The highest BCUT2D eigenvalue weighted by Crippen LogP contribution is 2.46. The van der Waals surface area contributed by atoms with Crippen molar-refractivity contribution in [1.82, 2.24) is 4.40 Å². The van der Waals surface area contributed by atoms with E-state index in [1.54, 1.807) is 0 Å². The van der Waals surface area contributed by atoms with Gasteiger partial charge in [-0.2, -0.15) is 13.2 Å². The quantitative estimate of drug-likeness (QED) is 0.122. The van der Waals surface area contributed by atoms with Crippen LogP contribution in [-0.2, 0) is 13.2 Å². The molecule has 3 heterocycles. The van der Waals surface area contributed by atoms with Crippen LogP contribution in [0.1, 0.15) is 22.3 Å². The van der Waals surface area contributed by atoms with E-state index >= 15 is 0 Å². The number of hydrogen-bond donors (Lipinski definition) is 0. The summed E-state index contributed by atoms with van der Waals surface area (Å²) in [6.45, 7) is 6.21. The second-order valence-electron chi connectivity index (χ2n) is 9.76. The SMILES string of the molecule is Cc1ccc2c(C)c3c(c(C)c2c1)c1c2c(ccc4c5cccc(C(F)(F)F)c5n3c42)cc[n+]1C. The zero-order valence-electron chi connectivity index (χ0n) is 19.8. The first-order chi connectivity index (χ1) is 16.7. The molecule has 0 aliphatic rings. The third kappa shape index (κ3) is 2.43. The maximum absolute atomic E-state index is 14.4. The molecule has 0 bridgehead atoms. The number of aromatic nitrogens is 2. The van der Waals surface area contributed by atoms with Crippen LogP contribution in [0.15, 0.2) is 60.8 Å². The van der Waals surface area contributed by atoms with Gasteiger partial charge in [0.1, 0.15) is 7.05 Å². The first-order valence-corrected chi connectivity index (χ1v) is 11.7. The number of hydrogen-bond acceptors (Lipinski definition) is 0. The number of pyridine rings is 2. The van der Waals surface area contributed by atoms with E-state index in [-0.39, 0.29) is 5.52 Å². The molecule has 0 N–H and O–H groups in total. The smallest absolute Gasteiger partial charge is 0.307 e. The normalized spacial score (nSPS) is 13.0. The second-order valence-corrected chi connectivity index (χ2v) is 9.76. The van der Waals surface area contributed by atoms with Crippen LogP contribution in [-0.4, -0.2) is 4.40 Å². The lowest BCUT2D eigenvalue weighted by molar-refractivity contribution is -0.643. The average Bonchev–Trinajstić information content (AvgIpc) is 3.16. The van der Waals surface area contributed by atoms with Gasteiger partial charge in [0.2, 0.25) is 5.52 Å². The Morgan fingerprint density at radius 3 is 2.23 bits per heavy atom. The van der Waals surface area contributed by atoms with Gasteiger partial charge < -0.3 is 4.40 Å². The number of alkyl halides is 3.